The molecule has 0 aromatic carbocycles. The standard InChI is InChI=1S/C12H25NO2S/c1-5-11(12(2,3)4)13-10-7-6-8-16(14,15)9-10/h10-11,13H,5-9H2,1-4H3. The molecule has 0 radical (unpaired) electrons. The Morgan fingerprint density at radius 3 is 2.44 bits per heavy atom. The van der Waals surface area contributed by atoms with Crippen molar-refractivity contribution in [3.05, 3.63) is 0 Å². The molecule has 0 bridgehead atoms. The first kappa shape index (κ1) is 14.0. The number of rotatable bonds is 3. The summed E-state index contributed by atoms with van der Waals surface area (Å²) in [4.78, 5) is 0. The first-order valence-electron chi connectivity index (χ1n) is 6.21. The van der Waals surface area contributed by atoms with Crippen LogP contribution in [0.15, 0.2) is 0 Å². The molecule has 0 aromatic rings. The second-order valence-corrected chi connectivity index (χ2v) is 8.18. The highest BCUT2D eigenvalue weighted by molar-refractivity contribution is 7.91. The summed E-state index contributed by atoms with van der Waals surface area (Å²) in [6.45, 7) is 8.75. The Morgan fingerprint density at radius 1 is 1.38 bits per heavy atom. The molecule has 1 saturated heterocycles. The molecule has 1 aliphatic rings. The van der Waals surface area contributed by atoms with Gasteiger partial charge in [0.05, 0.1) is 11.5 Å². The summed E-state index contributed by atoms with van der Waals surface area (Å²) >= 11 is 0. The third kappa shape index (κ3) is 4.06. The van der Waals surface area contributed by atoms with Crippen LogP contribution in [0.4, 0.5) is 0 Å². The summed E-state index contributed by atoms with van der Waals surface area (Å²) in [6, 6.07) is 0.550. The van der Waals surface area contributed by atoms with E-state index in [1.54, 1.807) is 0 Å². The molecule has 2 atom stereocenters. The van der Waals surface area contributed by atoms with Gasteiger partial charge in [0.2, 0.25) is 0 Å². The van der Waals surface area contributed by atoms with E-state index in [-0.39, 0.29) is 11.5 Å². The summed E-state index contributed by atoms with van der Waals surface area (Å²) in [5, 5.41) is 3.52. The number of hydrogen-bond acceptors (Lipinski definition) is 3. The smallest absolute Gasteiger partial charge is 0.151 e. The normalized spacial score (nSPS) is 27.6. The predicted octanol–water partition coefficient (Wildman–Crippen LogP) is 1.98. The monoisotopic (exact) mass is 247 g/mol. The topological polar surface area (TPSA) is 46.2 Å². The summed E-state index contributed by atoms with van der Waals surface area (Å²) < 4.78 is 23.1. The molecular weight excluding hydrogens is 222 g/mol. The van der Waals surface area contributed by atoms with E-state index in [1.807, 2.05) is 0 Å². The molecule has 1 fully saturated rings. The Morgan fingerprint density at radius 2 is 2.00 bits per heavy atom. The van der Waals surface area contributed by atoms with Gasteiger partial charge in [0.25, 0.3) is 0 Å². The molecule has 16 heavy (non-hydrogen) atoms. The van der Waals surface area contributed by atoms with Crippen LogP contribution in [0.5, 0.6) is 0 Å². The molecule has 1 rings (SSSR count). The van der Waals surface area contributed by atoms with Crippen molar-refractivity contribution in [3.8, 4) is 0 Å². The minimum absolute atomic E-state index is 0.155. The second-order valence-electron chi connectivity index (χ2n) is 5.95. The van der Waals surface area contributed by atoms with Gasteiger partial charge in [-0.25, -0.2) is 8.42 Å². The minimum Gasteiger partial charge on any atom is -0.310 e. The van der Waals surface area contributed by atoms with Gasteiger partial charge in [-0.3, -0.25) is 0 Å². The summed E-state index contributed by atoms with van der Waals surface area (Å²) in [6.07, 6.45) is 2.84. The minimum atomic E-state index is -2.79. The van der Waals surface area contributed by atoms with Gasteiger partial charge in [-0.15, -0.1) is 0 Å². The fourth-order valence-corrected chi connectivity index (χ4v) is 4.07. The van der Waals surface area contributed by atoms with Gasteiger partial charge < -0.3 is 5.32 Å². The first-order chi connectivity index (χ1) is 7.24. The maximum atomic E-state index is 11.5. The molecule has 0 aromatic heterocycles. The average molecular weight is 247 g/mol. The molecular formula is C12H25NO2S. The van der Waals surface area contributed by atoms with E-state index >= 15 is 0 Å². The Kier molecular flexibility index (Phi) is 4.41. The van der Waals surface area contributed by atoms with Crippen LogP contribution >= 0.6 is 0 Å². The highest BCUT2D eigenvalue weighted by Gasteiger charge is 2.30. The van der Waals surface area contributed by atoms with Crippen LogP contribution in [0, 0.1) is 5.41 Å². The zero-order valence-electron chi connectivity index (χ0n) is 10.9. The van der Waals surface area contributed by atoms with Crippen LogP contribution in [0.2, 0.25) is 0 Å². The van der Waals surface area contributed by atoms with Crippen molar-refractivity contribution in [1.29, 1.82) is 0 Å². The maximum Gasteiger partial charge on any atom is 0.151 e. The van der Waals surface area contributed by atoms with Crippen molar-refractivity contribution < 1.29 is 8.42 Å². The van der Waals surface area contributed by atoms with Gasteiger partial charge >= 0.3 is 0 Å². The Hall–Kier alpha value is -0.0900. The van der Waals surface area contributed by atoms with E-state index in [9.17, 15) is 8.42 Å². The van der Waals surface area contributed by atoms with Gasteiger partial charge in [0.15, 0.2) is 9.84 Å². The quantitative estimate of drug-likeness (QED) is 0.829. The van der Waals surface area contributed by atoms with E-state index in [2.05, 4.69) is 33.0 Å². The van der Waals surface area contributed by atoms with Gasteiger partial charge in [-0.1, -0.05) is 27.7 Å². The van der Waals surface area contributed by atoms with Crippen molar-refractivity contribution >= 4 is 9.84 Å². The Balaban J connectivity index is 2.59. The number of sulfone groups is 1. The summed E-state index contributed by atoms with van der Waals surface area (Å²) in [5.41, 5.74) is 0.190. The Bertz CT molecular complexity index is 316. The van der Waals surface area contributed by atoms with Crippen molar-refractivity contribution in [2.75, 3.05) is 11.5 Å². The third-order valence-electron chi connectivity index (χ3n) is 3.35. The molecule has 1 N–H and O–H groups in total. The van der Waals surface area contributed by atoms with E-state index in [0.717, 1.165) is 19.3 Å². The fraction of sp³-hybridized carbons (Fsp3) is 1.00. The van der Waals surface area contributed by atoms with Gasteiger partial charge in [-0.2, -0.15) is 0 Å². The van der Waals surface area contributed by atoms with E-state index < -0.39 is 9.84 Å². The third-order valence-corrected chi connectivity index (χ3v) is 5.17. The van der Waals surface area contributed by atoms with Crippen LogP contribution in [0.25, 0.3) is 0 Å². The second kappa shape index (κ2) is 5.05. The molecule has 1 heterocycles. The average Bonchev–Trinajstić information content (AvgIpc) is 2.10. The molecule has 0 spiro atoms. The lowest BCUT2D eigenvalue weighted by Crippen LogP contribution is -2.49. The fourth-order valence-electron chi connectivity index (χ4n) is 2.42. The molecule has 0 amide bonds. The number of nitrogens with one attached hydrogen (secondary N) is 1. The zero-order valence-corrected chi connectivity index (χ0v) is 11.7. The van der Waals surface area contributed by atoms with Crippen LogP contribution < -0.4 is 5.32 Å². The van der Waals surface area contributed by atoms with Crippen molar-refractivity contribution in [2.24, 2.45) is 5.41 Å². The molecule has 0 aliphatic carbocycles. The lowest BCUT2D eigenvalue weighted by atomic mass is 9.84. The highest BCUT2D eigenvalue weighted by atomic mass is 32.2. The lowest BCUT2D eigenvalue weighted by molar-refractivity contribution is 0.238. The van der Waals surface area contributed by atoms with Gasteiger partial charge in [0.1, 0.15) is 0 Å². The molecule has 4 heteroatoms. The molecule has 0 saturated carbocycles. The van der Waals surface area contributed by atoms with Crippen molar-refractivity contribution in [1.82, 2.24) is 5.32 Å². The van der Waals surface area contributed by atoms with Crippen LogP contribution in [-0.4, -0.2) is 32.0 Å². The van der Waals surface area contributed by atoms with E-state index in [0.29, 0.717) is 17.5 Å². The maximum absolute atomic E-state index is 11.5. The lowest BCUT2D eigenvalue weighted by Gasteiger charge is -2.35. The van der Waals surface area contributed by atoms with Crippen LogP contribution in [-0.2, 0) is 9.84 Å². The molecule has 96 valence electrons. The van der Waals surface area contributed by atoms with Crippen LogP contribution in [0.1, 0.15) is 47.0 Å². The van der Waals surface area contributed by atoms with Crippen molar-refractivity contribution in [2.45, 2.75) is 59.0 Å². The predicted molar refractivity (Wildman–Crippen MR) is 68.3 cm³/mol. The van der Waals surface area contributed by atoms with E-state index in [4.69, 9.17) is 0 Å². The van der Waals surface area contributed by atoms with E-state index in [1.165, 1.54) is 0 Å². The molecule has 3 nitrogen and oxygen atoms in total. The zero-order chi connectivity index (χ0) is 12.4. The first-order valence-corrected chi connectivity index (χ1v) is 8.03. The highest BCUT2D eigenvalue weighted by Crippen LogP contribution is 2.23. The van der Waals surface area contributed by atoms with Gasteiger partial charge in [0, 0.05) is 12.1 Å². The largest absolute Gasteiger partial charge is 0.310 e. The summed E-state index contributed by atoms with van der Waals surface area (Å²) in [7, 11) is -2.79. The van der Waals surface area contributed by atoms with Crippen LogP contribution in [0.3, 0.4) is 0 Å². The molecule has 1 aliphatic heterocycles. The van der Waals surface area contributed by atoms with Gasteiger partial charge in [-0.05, 0) is 24.7 Å². The molecule has 2 unspecified atom stereocenters. The summed E-state index contributed by atoms with van der Waals surface area (Å²) in [5.74, 6) is 0.692. The Labute approximate surface area is 99.9 Å². The SMILES string of the molecule is CCC(NC1CCCS(=O)(=O)C1)C(C)(C)C. The van der Waals surface area contributed by atoms with Crippen molar-refractivity contribution in [3.63, 3.8) is 0 Å². The number of hydrogen-bond donors (Lipinski definition) is 1.